The van der Waals surface area contributed by atoms with Crippen molar-refractivity contribution < 1.29 is 0 Å². The van der Waals surface area contributed by atoms with Crippen molar-refractivity contribution in [2.75, 3.05) is 30.9 Å². The summed E-state index contributed by atoms with van der Waals surface area (Å²) in [5.41, 5.74) is 2.51. The van der Waals surface area contributed by atoms with Gasteiger partial charge in [-0.2, -0.15) is 0 Å². The van der Waals surface area contributed by atoms with Crippen LogP contribution in [0.2, 0.25) is 13.6 Å². The van der Waals surface area contributed by atoms with Crippen molar-refractivity contribution in [3.63, 3.8) is 0 Å². The molecular formula is C11H19BN2. The van der Waals surface area contributed by atoms with E-state index in [0.717, 1.165) is 0 Å². The maximum absolute atomic E-state index is 2.26. The van der Waals surface area contributed by atoms with Crippen molar-refractivity contribution in [2.24, 2.45) is 0 Å². The molecule has 0 bridgehead atoms. The Labute approximate surface area is 87.6 Å². The number of hydrogen-bond acceptors (Lipinski definition) is 2. The Kier molecular flexibility index (Phi) is 3.45. The summed E-state index contributed by atoms with van der Waals surface area (Å²) < 4.78 is 0. The molecule has 0 heterocycles. The fourth-order valence-electron chi connectivity index (χ4n) is 1.28. The molecule has 0 radical (unpaired) electrons. The molecule has 3 heteroatoms. The summed E-state index contributed by atoms with van der Waals surface area (Å²) in [4.78, 5) is 4.37. The fourth-order valence-corrected chi connectivity index (χ4v) is 1.28. The van der Waals surface area contributed by atoms with E-state index >= 15 is 0 Å². The van der Waals surface area contributed by atoms with Gasteiger partial charge >= 0.3 is 0 Å². The Hall–Kier alpha value is -1.12. The van der Waals surface area contributed by atoms with E-state index in [1.807, 2.05) is 0 Å². The number of benzene rings is 1. The summed E-state index contributed by atoms with van der Waals surface area (Å²) in [7, 11) is 6.23. The lowest BCUT2D eigenvalue weighted by Gasteiger charge is -2.23. The van der Waals surface area contributed by atoms with Gasteiger partial charge in [0, 0.05) is 25.5 Å². The third-order valence-corrected chi connectivity index (χ3v) is 2.55. The van der Waals surface area contributed by atoms with Gasteiger partial charge in [-0.05, 0) is 31.3 Å². The SMILES string of the molecule is CB(C)N(C)c1ccc(N(C)C)cc1. The first-order chi connectivity index (χ1) is 6.52. The molecule has 0 aromatic heterocycles. The molecule has 0 saturated carbocycles. The molecule has 76 valence electrons. The van der Waals surface area contributed by atoms with Gasteiger partial charge in [-0.15, -0.1) is 0 Å². The minimum atomic E-state index is 0.542. The van der Waals surface area contributed by atoms with Gasteiger partial charge in [0.05, 0.1) is 0 Å². The Bertz CT molecular complexity index is 280. The van der Waals surface area contributed by atoms with Crippen LogP contribution >= 0.6 is 0 Å². The van der Waals surface area contributed by atoms with Crippen molar-refractivity contribution in [1.29, 1.82) is 0 Å². The lowest BCUT2D eigenvalue weighted by Crippen LogP contribution is -2.29. The van der Waals surface area contributed by atoms with E-state index in [1.165, 1.54) is 11.4 Å². The summed E-state index contributed by atoms with van der Waals surface area (Å²) >= 11 is 0. The van der Waals surface area contributed by atoms with Gasteiger partial charge in [0.15, 0.2) is 0 Å². The zero-order chi connectivity index (χ0) is 10.7. The van der Waals surface area contributed by atoms with Gasteiger partial charge in [0.1, 0.15) is 0 Å². The van der Waals surface area contributed by atoms with Crippen molar-refractivity contribution in [2.45, 2.75) is 13.6 Å². The highest BCUT2D eigenvalue weighted by Gasteiger charge is 2.07. The van der Waals surface area contributed by atoms with Crippen LogP contribution in [0.5, 0.6) is 0 Å². The number of anilines is 2. The lowest BCUT2D eigenvalue weighted by atomic mass is 9.66. The summed E-state index contributed by atoms with van der Waals surface area (Å²) in [6.07, 6.45) is 0. The van der Waals surface area contributed by atoms with Crippen LogP contribution in [0.15, 0.2) is 24.3 Å². The van der Waals surface area contributed by atoms with Crippen molar-refractivity contribution in [3.8, 4) is 0 Å². The van der Waals surface area contributed by atoms with Gasteiger partial charge in [0.2, 0.25) is 6.85 Å². The molecule has 0 spiro atoms. The molecule has 0 atom stereocenters. The second kappa shape index (κ2) is 4.40. The van der Waals surface area contributed by atoms with Crippen LogP contribution in [0.3, 0.4) is 0 Å². The van der Waals surface area contributed by atoms with E-state index in [-0.39, 0.29) is 0 Å². The number of rotatable bonds is 3. The molecule has 1 aromatic rings. The van der Waals surface area contributed by atoms with Crippen LogP contribution in [0.25, 0.3) is 0 Å². The monoisotopic (exact) mass is 190 g/mol. The quantitative estimate of drug-likeness (QED) is 0.675. The molecule has 0 saturated heterocycles. The molecular weight excluding hydrogens is 171 g/mol. The van der Waals surface area contributed by atoms with Crippen LogP contribution in [0.4, 0.5) is 11.4 Å². The first kappa shape index (κ1) is 11.0. The highest BCUT2D eigenvalue weighted by atomic mass is 15.1. The minimum absolute atomic E-state index is 0.542. The first-order valence-corrected chi connectivity index (χ1v) is 5.02. The highest BCUT2D eigenvalue weighted by Crippen LogP contribution is 2.18. The van der Waals surface area contributed by atoms with Gasteiger partial charge < -0.3 is 9.71 Å². The Morgan fingerprint density at radius 2 is 1.29 bits per heavy atom. The highest BCUT2D eigenvalue weighted by molar-refractivity contribution is 6.60. The van der Waals surface area contributed by atoms with E-state index in [1.54, 1.807) is 0 Å². The molecule has 0 aliphatic heterocycles. The molecule has 0 amide bonds. The van der Waals surface area contributed by atoms with E-state index in [2.05, 4.69) is 68.8 Å². The maximum Gasteiger partial charge on any atom is 0.247 e. The summed E-state index contributed by atoms with van der Waals surface area (Å²) in [6, 6.07) is 8.62. The average Bonchev–Trinajstić information content (AvgIpc) is 2.16. The molecule has 14 heavy (non-hydrogen) atoms. The number of nitrogens with zero attached hydrogens (tertiary/aromatic N) is 2. The predicted molar refractivity (Wildman–Crippen MR) is 66.7 cm³/mol. The average molecular weight is 190 g/mol. The fraction of sp³-hybridized carbons (Fsp3) is 0.455. The molecule has 0 unspecified atom stereocenters. The summed E-state index contributed by atoms with van der Waals surface area (Å²) in [6.45, 7) is 4.93. The van der Waals surface area contributed by atoms with E-state index < -0.39 is 0 Å². The zero-order valence-electron chi connectivity index (χ0n) is 9.78. The van der Waals surface area contributed by atoms with Crippen LogP contribution in [0.1, 0.15) is 0 Å². The summed E-state index contributed by atoms with van der Waals surface area (Å²) in [5, 5.41) is 0. The Balaban J connectivity index is 2.83. The van der Waals surface area contributed by atoms with Crippen LogP contribution in [-0.4, -0.2) is 28.0 Å². The second-order valence-electron chi connectivity index (χ2n) is 4.12. The molecule has 1 rings (SSSR count). The minimum Gasteiger partial charge on any atom is -0.418 e. The van der Waals surface area contributed by atoms with Gasteiger partial charge in [-0.3, -0.25) is 0 Å². The topological polar surface area (TPSA) is 6.48 Å². The first-order valence-electron chi connectivity index (χ1n) is 5.02. The van der Waals surface area contributed by atoms with Crippen molar-refractivity contribution in [1.82, 2.24) is 0 Å². The third-order valence-electron chi connectivity index (χ3n) is 2.55. The van der Waals surface area contributed by atoms with E-state index in [0.29, 0.717) is 6.85 Å². The maximum atomic E-state index is 2.26. The third kappa shape index (κ3) is 2.44. The normalized spacial score (nSPS) is 9.79. The Morgan fingerprint density at radius 3 is 1.64 bits per heavy atom. The van der Waals surface area contributed by atoms with Crippen LogP contribution in [-0.2, 0) is 0 Å². The predicted octanol–water partition coefficient (Wildman–Crippen LogP) is 2.44. The second-order valence-corrected chi connectivity index (χ2v) is 4.12. The van der Waals surface area contributed by atoms with Crippen molar-refractivity contribution >= 4 is 18.2 Å². The van der Waals surface area contributed by atoms with Gasteiger partial charge in [0.25, 0.3) is 0 Å². The molecule has 0 N–H and O–H groups in total. The Morgan fingerprint density at radius 1 is 0.857 bits per heavy atom. The van der Waals surface area contributed by atoms with E-state index in [4.69, 9.17) is 0 Å². The van der Waals surface area contributed by atoms with Crippen LogP contribution < -0.4 is 9.71 Å². The largest absolute Gasteiger partial charge is 0.418 e. The molecule has 0 fully saturated rings. The molecule has 2 nitrogen and oxygen atoms in total. The van der Waals surface area contributed by atoms with Gasteiger partial charge in [-0.25, -0.2) is 0 Å². The van der Waals surface area contributed by atoms with Crippen molar-refractivity contribution in [3.05, 3.63) is 24.3 Å². The summed E-state index contributed by atoms with van der Waals surface area (Å²) in [5.74, 6) is 0. The van der Waals surface area contributed by atoms with Gasteiger partial charge in [-0.1, -0.05) is 13.6 Å². The standard InChI is InChI=1S/C11H19BN2/c1-12(2)14(5)11-8-6-10(7-9-11)13(3)4/h6-9H,1-5H3. The smallest absolute Gasteiger partial charge is 0.247 e. The number of hydrogen-bond donors (Lipinski definition) is 0. The molecule has 0 aliphatic carbocycles. The zero-order valence-corrected chi connectivity index (χ0v) is 9.78. The molecule has 1 aromatic carbocycles. The van der Waals surface area contributed by atoms with Crippen LogP contribution in [0, 0.1) is 0 Å². The lowest BCUT2D eigenvalue weighted by molar-refractivity contribution is 1.13. The molecule has 0 aliphatic rings. The van der Waals surface area contributed by atoms with E-state index in [9.17, 15) is 0 Å².